The molecule has 0 radical (unpaired) electrons. The Morgan fingerprint density at radius 1 is 1.03 bits per heavy atom. The molecule has 1 aliphatic carbocycles. The fourth-order valence-electron chi connectivity index (χ4n) is 5.54. The van der Waals surface area contributed by atoms with Gasteiger partial charge in [0, 0.05) is 67.2 Å². The molecule has 0 amide bonds. The third-order valence-corrected chi connectivity index (χ3v) is 8.35. The highest BCUT2D eigenvalue weighted by molar-refractivity contribution is 6.35. The Bertz CT molecular complexity index is 1520. The number of aromatic amines is 1. The number of ether oxygens (including phenoxy) is 1. The van der Waals surface area contributed by atoms with Crippen molar-refractivity contribution in [3.63, 3.8) is 0 Å². The molecule has 3 fully saturated rings. The Morgan fingerprint density at radius 3 is 2.55 bits per heavy atom. The molecule has 198 valence electrons. The van der Waals surface area contributed by atoms with Gasteiger partial charge in [0.1, 0.15) is 11.3 Å². The summed E-state index contributed by atoms with van der Waals surface area (Å²) in [6, 6.07) is 6.72. The second-order valence-corrected chi connectivity index (χ2v) is 11.4. The number of benzene rings is 2. The summed E-state index contributed by atoms with van der Waals surface area (Å²) < 4.78 is 6.71. The van der Waals surface area contributed by atoms with E-state index < -0.39 is 0 Å². The Balaban J connectivity index is 1.48. The van der Waals surface area contributed by atoms with Crippen LogP contribution >= 0.6 is 11.6 Å². The lowest BCUT2D eigenvalue weighted by molar-refractivity contribution is 0.245. The van der Waals surface area contributed by atoms with Crippen LogP contribution in [0.25, 0.3) is 32.9 Å². The van der Waals surface area contributed by atoms with Crippen molar-refractivity contribution in [1.29, 1.82) is 0 Å². The highest BCUT2D eigenvalue weighted by Gasteiger charge is 2.34. The van der Waals surface area contributed by atoms with Gasteiger partial charge in [0.25, 0.3) is 0 Å². The minimum atomic E-state index is 0.183. The van der Waals surface area contributed by atoms with E-state index in [-0.39, 0.29) is 6.10 Å². The molecule has 2 N–H and O–H groups in total. The van der Waals surface area contributed by atoms with Crippen LogP contribution in [0, 0.1) is 6.92 Å². The number of aromatic nitrogens is 4. The van der Waals surface area contributed by atoms with Crippen LogP contribution in [-0.2, 0) is 0 Å². The van der Waals surface area contributed by atoms with E-state index in [0.29, 0.717) is 11.1 Å². The zero-order valence-electron chi connectivity index (χ0n) is 22.1. The fraction of sp³-hybridized carbons (Fsp3) is 0.464. The number of nitrogens with one attached hydrogen (secondary N) is 2. The molecular weight excluding hydrogens is 500 g/mol. The number of aryl methyl sites for hydroxylation is 1. The maximum atomic E-state index is 7.18. The van der Waals surface area contributed by atoms with E-state index in [4.69, 9.17) is 26.3 Å². The maximum absolute atomic E-state index is 7.18. The lowest BCUT2D eigenvalue weighted by Gasteiger charge is -2.43. The van der Waals surface area contributed by atoms with Crippen LogP contribution in [-0.4, -0.2) is 90.6 Å². The molecule has 4 heterocycles. The molecule has 3 aliphatic rings. The molecule has 10 heteroatoms. The number of likely N-dealkylation sites (N-methyl/N-ethyl adjacent to an activating group) is 1. The quantitative estimate of drug-likeness (QED) is 0.387. The number of anilines is 2. The zero-order valence-corrected chi connectivity index (χ0v) is 22.8. The summed E-state index contributed by atoms with van der Waals surface area (Å²) in [5.74, 6) is 2.46. The smallest absolute Gasteiger partial charge is 0.228 e. The SMILES string of the molecule is Cc1ccc2[nH]ncc2c1-c1c(Cl)cc2c(N3CCNCC3)nc(N3CC(N(C)C)C3)nc2c1OC1CC1. The second-order valence-electron chi connectivity index (χ2n) is 11.0. The summed E-state index contributed by atoms with van der Waals surface area (Å²) in [6.07, 6.45) is 4.14. The van der Waals surface area contributed by atoms with Gasteiger partial charge in [-0.25, -0.2) is 4.98 Å². The molecule has 0 unspecified atom stereocenters. The molecule has 0 spiro atoms. The van der Waals surface area contributed by atoms with Gasteiger partial charge in [0.15, 0.2) is 5.75 Å². The molecular formula is C28H33ClN8O. The van der Waals surface area contributed by atoms with E-state index in [1.807, 2.05) is 12.3 Å². The predicted octanol–water partition coefficient (Wildman–Crippen LogP) is 3.84. The molecule has 4 aromatic rings. The summed E-state index contributed by atoms with van der Waals surface area (Å²) in [4.78, 5) is 17.2. The summed E-state index contributed by atoms with van der Waals surface area (Å²) in [7, 11) is 4.26. The Kier molecular flexibility index (Phi) is 5.83. The van der Waals surface area contributed by atoms with Crippen molar-refractivity contribution in [3.8, 4) is 16.9 Å². The highest BCUT2D eigenvalue weighted by atomic mass is 35.5. The average molecular weight is 533 g/mol. The van der Waals surface area contributed by atoms with Gasteiger partial charge in [-0.2, -0.15) is 10.1 Å². The minimum absolute atomic E-state index is 0.183. The van der Waals surface area contributed by atoms with Crippen molar-refractivity contribution in [2.24, 2.45) is 0 Å². The fourth-order valence-corrected chi connectivity index (χ4v) is 5.83. The van der Waals surface area contributed by atoms with Gasteiger partial charge in [-0.1, -0.05) is 17.7 Å². The Morgan fingerprint density at radius 2 is 1.82 bits per heavy atom. The minimum Gasteiger partial charge on any atom is -0.487 e. The van der Waals surface area contributed by atoms with Crippen molar-refractivity contribution in [2.75, 3.05) is 63.2 Å². The van der Waals surface area contributed by atoms with Crippen molar-refractivity contribution < 1.29 is 4.74 Å². The van der Waals surface area contributed by atoms with Crippen LogP contribution in [0.2, 0.25) is 5.02 Å². The first-order chi connectivity index (χ1) is 18.5. The van der Waals surface area contributed by atoms with E-state index in [1.54, 1.807) is 0 Å². The van der Waals surface area contributed by atoms with Gasteiger partial charge >= 0.3 is 0 Å². The maximum Gasteiger partial charge on any atom is 0.228 e. The van der Waals surface area contributed by atoms with Crippen molar-refractivity contribution in [3.05, 3.63) is 35.0 Å². The first-order valence-corrected chi connectivity index (χ1v) is 13.9. The number of H-pyrrole nitrogens is 1. The molecule has 2 aliphatic heterocycles. The number of fused-ring (bicyclic) bond motifs is 2. The van der Waals surface area contributed by atoms with Crippen LogP contribution < -0.4 is 19.9 Å². The number of hydrogen-bond acceptors (Lipinski definition) is 8. The summed E-state index contributed by atoms with van der Waals surface area (Å²) in [5.41, 5.74) is 4.86. The van der Waals surface area contributed by atoms with Crippen molar-refractivity contribution in [2.45, 2.75) is 31.9 Å². The average Bonchev–Trinajstić information content (AvgIpc) is 3.57. The number of nitrogens with zero attached hydrogens (tertiary/aromatic N) is 6. The molecule has 7 rings (SSSR count). The first-order valence-electron chi connectivity index (χ1n) is 13.5. The molecule has 2 aromatic heterocycles. The largest absolute Gasteiger partial charge is 0.487 e. The molecule has 38 heavy (non-hydrogen) atoms. The van der Waals surface area contributed by atoms with E-state index in [0.717, 1.165) is 108 Å². The molecule has 1 saturated carbocycles. The lowest BCUT2D eigenvalue weighted by Crippen LogP contribution is -2.58. The second kappa shape index (κ2) is 9.25. The number of halogens is 1. The van der Waals surface area contributed by atoms with E-state index in [9.17, 15) is 0 Å². The lowest BCUT2D eigenvalue weighted by atomic mass is 9.94. The van der Waals surface area contributed by atoms with Gasteiger partial charge < -0.3 is 24.8 Å². The standard InChI is InChI=1S/C28H33ClN8O/c1-16-4-7-22-20(13-31-34-22)23(16)24-21(29)12-19-25(26(24)38-18-5-6-18)32-28(37-14-17(15-37)35(2)3)33-27(19)36-10-8-30-9-11-36/h4,7,12-13,17-18,30H,5-6,8-11,14-15H2,1-3H3,(H,31,34). The molecule has 2 saturated heterocycles. The highest BCUT2D eigenvalue weighted by Crippen LogP contribution is 2.48. The first kappa shape index (κ1) is 23.9. The van der Waals surface area contributed by atoms with Gasteiger partial charge in [-0.15, -0.1) is 0 Å². The van der Waals surface area contributed by atoms with Crippen LogP contribution in [0.15, 0.2) is 24.4 Å². The van der Waals surface area contributed by atoms with E-state index in [1.165, 1.54) is 0 Å². The summed E-state index contributed by atoms with van der Waals surface area (Å²) >= 11 is 7.18. The van der Waals surface area contributed by atoms with Crippen LogP contribution in [0.1, 0.15) is 18.4 Å². The normalized spacial score (nSPS) is 18.6. The monoisotopic (exact) mass is 532 g/mol. The summed E-state index contributed by atoms with van der Waals surface area (Å²) in [5, 5.41) is 13.5. The molecule has 0 bridgehead atoms. The van der Waals surface area contributed by atoms with E-state index >= 15 is 0 Å². The Hall–Kier alpha value is -3.14. The van der Waals surface area contributed by atoms with Crippen LogP contribution in [0.5, 0.6) is 5.75 Å². The van der Waals surface area contributed by atoms with Gasteiger partial charge in [0.05, 0.1) is 22.8 Å². The van der Waals surface area contributed by atoms with E-state index in [2.05, 4.69) is 63.4 Å². The summed E-state index contributed by atoms with van der Waals surface area (Å²) in [6.45, 7) is 7.55. The van der Waals surface area contributed by atoms with Gasteiger partial charge in [-0.05, 0) is 51.6 Å². The van der Waals surface area contributed by atoms with Crippen molar-refractivity contribution in [1.82, 2.24) is 30.4 Å². The van der Waals surface area contributed by atoms with Gasteiger partial charge in [-0.3, -0.25) is 5.10 Å². The Labute approximate surface area is 227 Å². The topological polar surface area (TPSA) is 85.4 Å². The molecule has 9 nitrogen and oxygen atoms in total. The number of hydrogen-bond donors (Lipinski definition) is 2. The molecule has 2 aromatic carbocycles. The van der Waals surface area contributed by atoms with Crippen LogP contribution in [0.3, 0.4) is 0 Å². The predicted molar refractivity (Wildman–Crippen MR) is 153 cm³/mol. The van der Waals surface area contributed by atoms with Crippen molar-refractivity contribution >= 4 is 45.2 Å². The van der Waals surface area contributed by atoms with Gasteiger partial charge in [0.2, 0.25) is 5.95 Å². The van der Waals surface area contributed by atoms with Crippen LogP contribution in [0.4, 0.5) is 11.8 Å². The third kappa shape index (κ3) is 4.04. The third-order valence-electron chi connectivity index (χ3n) is 8.05. The number of rotatable bonds is 6. The number of piperazine rings is 1. The molecule has 0 atom stereocenters. The zero-order chi connectivity index (χ0) is 26.0.